The monoisotopic (exact) mass is 534 g/mol. The van der Waals surface area contributed by atoms with Gasteiger partial charge in [0, 0.05) is 37.0 Å². The van der Waals surface area contributed by atoms with Crippen LogP contribution in [-0.4, -0.2) is 71.0 Å². The van der Waals surface area contributed by atoms with Gasteiger partial charge in [0.15, 0.2) is 11.5 Å². The normalized spacial score (nSPS) is 14.8. The molecule has 1 aliphatic heterocycles. The highest BCUT2D eigenvalue weighted by molar-refractivity contribution is 7.19. The number of nitrogens with two attached hydrogens (primary N) is 1. The topological polar surface area (TPSA) is 100 Å². The summed E-state index contributed by atoms with van der Waals surface area (Å²) in [5, 5.41) is 5.32. The quantitative estimate of drug-likeness (QED) is 0.378. The third-order valence-electron chi connectivity index (χ3n) is 6.10. The first kappa shape index (κ1) is 25.2. The number of methoxy groups -OCH3 is 1. The fourth-order valence-electron chi connectivity index (χ4n) is 4.10. The second-order valence-corrected chi connectivity index (χ2v) is 9.43. The number of aryl methyl sites for hydroxylation is 1. The number of imidazole rings is 1. The van der Waals surface area contributed by atoms with Gasteiger partial charge in [-0.2, -0.15) is 18.3 Å². The Morgan fingerprint density at radius 3 is 2.62 bits per heavy atom. The van der Waals surface area contributed by atoms with Crippen molar-refractivity contribution in [2.75, 3.05) is 52.3 Å². The number of hydrogen-bond donors (Lipinski definition) is 1. The van der Waals surface area contributed by atoms with E-state index in [1.54, 1.807) is 18.5 Å². The number of pyridine rings is 1. The predicted octanol–water partition coefficient (Wildman–Crippen LogP) is 4.15. The maximum Gasteiger partial charge on any atom is 0.419 e. The van der Waals surface area contributed by atoms with Crippen LogP contribution in [0.5, 0.6) is 11.5 Å². The van der Waals surface area contributed by atoms with Crippen LogP contribution in [0.2, 0.25) is 0 Å². The Balaban J connectivity index is 1.36. The molecule has 0 spiro atoms. The van der Waals surface area contributed by atoms with Crippen molar-refractivity contribution in [3.8, 4) is 33.3 Å². The Labute approximate surface area is 214 Å². The zero-order valence-corrected chi connectivity index (χ0v) is 21.0. The number of ether oxygens (including phenoxy) is 3. The Kier molecular flexibility index (Phi) is 6.92. The van der Waals surface area contributed by atoms with E-state index in [2.05, 4.69) is 20.0 Å². The van der Waals surface area contributed by atoms with E-state index in [1.165, 1.54) is 17.5 Å². The summed E-state index contributed by atoms with van der Waals surface area (Å²) in [6, 6.07) is 6.54. The Bertz CT molecular complexity index is 1410. The van der Waals surface area contributed by atoms with Crippen molar-refractivity contribution in [2.45, 2.75) is 13.1 Å². The van der Waals surface area contributed by atoms with Crippen LogP contribution in [-0.2, 0) is 10.9 Å². The zero-order valence-electron chi connectivity index (χ0n) is 20.2. The summed E-state index contributed by atoms with van der Waals surface area (Å²) in [7, 11) is 1.58. The Morgan fingerprint density at radius 2 is 1.92 bits per heavy atom. The van der Waals surface area contributed by atoms with Crippen LogP contribution in [0.25, 0.3) is 26.8 Å². The number of fused-ring (bicyclic) bond motifs is 1. The molecule has 13 heteroatoms. The van der Waals surface area contributed by atoms with E-state index >= 15 is 0 Å². The number of hydrogen-bond acceptors (Lipinski definition) is 9. The highest BCUT2D eigenvalue weighted by atomic mass is 32.1. The average Bonchev–Trinajstić information content (AvgIpc) is 3.44. The van der Waals surface area contributed by atoms with Crippen LogP contribution in [0.3, 0.4) is 0 Å². The van der Waals surface area contributed by atoms with E-state index in [0.29, 0.717) is 39.5 Å². The number of nitrogens with zero attached hydrogens (tertiary/aromatic N) is 5. The molecule has 1 fully saturated rings. The smallest absolute Gasteiger partial charge is 0.419 e. The van der Waals surface area contributed by atoms with E-state index in [0.717, 1.165) is 44.5 Å². The van der Waals surface area contributed by atoms with Crippen LogP contribution in [0.4, 0.5) is 19.0 Å². The van der Waals surface area contributed by atoms with Crippen LogP contribution < -0.4 is 15.2 Å². The molecule has 0 radical (unpaired) electrons. The average molecular weight is 535 g/mol. The lowest BCUT2D eigenvalue weighted by Crippen LogP contribution is -2.38. The summed E-state index contributed by atoms with van der Waals surface area (Å²) in [6.07, 6.45) is -3.32. The predicted molar refractivity (Wildman–Crippen MR) is 133 cm³/mol. The molecule has 0 atom stereocenters. The number of anilines is 1. The van der Waals surface area contributed by atoms with Crippen LogP contribution >= 0.6 is 11.3 Å². The van der Waals surface area contributed by atoms with Crippen molar-refractivity contribution in [3.05, 3.63) is 41.7 Å². The minimum atomic E-state index is -4.61. The molecule has 1 aliphatic rings. The van der Waals surface area contributed by atoms with Crippen molar-refractivity contribution in [1.29, 1.82) is 0 Å². The highest BCUT2D eigenvalue weighted by Crippen LogP contribution is 2.38. The van der Waals surface area contributed by atoms with Gasteiger partial charge in [0.25, 0.3) is 0 Å². The van der Waals surface area contributed by atoms with Crippen molar-refractivity contribution in [1.82, 2.24) is 24.5 Å². The molecule has 1 saturated heterocycles. The van der Waals surface area contributed by atoms with Crippen LogP contribution in [0, 0.1) is 6.92 Å². The number of rotatable bonds is 7. The fourth-order valence-corrected chi connectivity index (χ4v) is 5.04. The molecule has 4 heterocycles. The summed E-state index contributed by atoms with van der Waals surface area (Å²) in [5.41, 5.74) is 6.43. The van der Waals surface area contributed by atoms with E-state index in [9.17, 15) is 13.2 Å². The lowest BCUT2D eigenvalue weighted by Gasteiger charge is -2.26. The van der Waals surface area contributed by atoms with Gasteiger partial charge in [0.05, 0.1) is 37.3 Å². The standard InChI is InChI=1S/C24H25F3N6O3S/c1-14-20(16-11-17(24(25,26)27)21(28)29-13-16)30-23-33(14)31-22(37-23)15-3-4-18(19(12-15)34-2)36-10-7-32-5-8-35-9-6-32/h3-4,11-13H,5-10H2,1-2H3,(H2,28,29). The van der Waals surface area contributed by atoms with Crippen LogP contribution in [0.1, 0.15) is 11.3 Å². The SMILES string of the molecule is COc1cc(-c2nn3c(C)c(-c4cnc(N)c(C(F)(F)F)c4)nc3s2)ccc1OCCN1CCOCC1. The van der Waals surface area contributed by atoms with E-state index in [4.69, 9.17) is 19.9 Å². The van der Waals surface area contributed by atoms with Gasteiger partial charge < -0.3 is 19.9 Å². The largest absolute Gasteiger partial charge is 0.493 e. The summed E-state index contributed by atoms with van der Waals surface area (Å²) in [6.45, 7) is 6.33. The molecular weight excluding hydrogens is 509 g/mol. The van der Waals surface area contributed by atoms with Gasteiger partial charge >= 0.3 is 6.18 Å². The molecular formula is C24H25F3N6O3S. The molecule has 4 aromatic rings. The van der Waals surface area contributed by atoms with Gasteiger partial charge in [-0.25, -0.2) is 14.5 Å². The molecule has 2 N–H and O–H groups in total. The van der Waals surface area contributed by atoms with Gasteiger partial charge in [0.2, 0.25) is 4.96 Å². The number of halogens is 3. The third kappa shape index (κ3) is 5.20. The molecule has 9 nitrogen and oxygen atoms in total. The van der Waals surface area contributed by atoms with Gasteiger partial charge in [-0.3, -0.25) is 4.90 Å². The summed E-state index contributed by atoms with van der Waals surface area (Å²) < 4.78 is 58.4. The van der Waals surface area contributed by atoms with Crippen molar-refractivity contribution in [2.24, 2.45) is 0 Å². The molecule has 5 rings (SSSR count). The number of benzene rings is 1. The van der Waals surface area contributed by atoms with Gasteiger partial charge in [0.1, 0.15) is 17.4 Å². The first-order valence-electron chi connectivity index (χ1n) is 11.5. The summed E-state index contributed by atoms with van der Waals surface area (Å²) in [4.78, 5) is 11.1. The second-order valence-electron chi connectivity index (χ2n) is 8.47. The maximum absolute atomic E-state index is 13.3. The molecule has 0 aliphatic carbocycles. The molecule has 3 aromatic heterocycles. The number of alkyl halides is 3. The van der Waals surface area contributed by atoms with Gasteiger partial charge in [-0.15, -0.1) is 0 Å². The molecule has 1 aromatic carbocycles. The highest BCUT2D eigenvalue weighted by Gasteiger charge is 2.34. The zero-order chi connectivity index (χ0) is 26.2. The van der Waals surface area contributed by atoms with E-state index in [1.807, 2.05) is 18.2 Å². The van der Waals surface area contributed by atoms with Gasteiger partial charge in [-0.1, -0.05) is 11.3 Å². The molecule has 196 valence electrons. The van der Waals surface area contributed by atoms with Crippen molar-refractivity contribution in [3.63, 3.8) is 0 Å². The van der Waals surface area contributed by atoms with Gasteiger partial charge in [-0.05, 0) is 31.2 Å². The lowest BCUT2D eigenvalue weighted by molar-refractivity contribution is -0.137. The molecule has 0 saturated carbocycles. The maximum atomic E-state index is 13.3. The lowest BCUT2D eigenvalue weighted by atomic mass is 10.1. The second kappa shape index (κ2) is 10.1. The van der Waals surface area contributed by atoms with E-state index in [-0.39, 0.29) is 5.56 Å². The third-order valence-corrected chi connectivity index (χ3v) is 7.06. The minimum absolute atomic E-state index is 0.221. The fraction of sp³-hybridized carbons (Fsp3) is 0.375. The molecule has 0 bridgehead atoms. The van der Waals surface area contributed by atoms with E-state index < -0.39 is 17.6 Å². The minimum Gasteiger partial charge on any atom is -0.493 e. The first-order valence-corrected chi connectivity index (χ1v) is 12.4. The Hall–Kier alpha value is -3.42. The van der Waals surface area contributed by atoms with Crippen molar-refractivity contribution < 1.29 is 27.4 Å². The molecule has 37 heavy (non-hydrogen) atoms. The van der Waals surface area contributed by atoms with Crippen molar-refractivity contribution >= 4 is 22.1 Å². The number of aromatic nitrogens is 4. The first-order chi connectivity index (χ1) is 17.7. The number of morpholine rings is 1. The molecule has 0 amide bonds. The Morgan fingerprint density at radius 1 is 1.14 bits per heavy atom. The summed E-state index contributed by atoms with van der Waals surface area (Å²) in [5.74, 6) is 0.644. The molecule has 0 unspecified atom stereocenters. The summed E-state index contributed by atoms with van der Waals surface area (Å²) >= 11 is 1.31. The number of nitrogen functional groups attached to an aromatic ring is 1. The van der Waals surface area contributed by atoms with Crippen LogP contribution in [0.15, 0.2) is 30.5 Å².